The highest BCUT2D eigenvalue weighted by Gasteiger charge is 2.31. The molecule has 0 aromatic heterocycles. The van der Waals surface area contributed by atoms with Crippen LogP contribution >= 0.6 is 11.6 Å². The molecule has 0 aliphatic carbocycles. The minimum atomic E-state index is -0.347. The van der Waals surface area contributed by atoms with Crippen molar-refractivity contribution in [3.05, 3.63) is 28.8 Å². The third kappa shape index (κ3) is 6.82. The largest absolute Gasteiger partial charge is 0.497 e. The average molecular weight is 354 g/mol. The molecule has 136 valence electrons. The first-order valence-corrected chi connectivity index (χ1v) is 8.96. The normalized spacial score (nSPS) is 13.7. The molecule has 1 atom stereocenters. The van der Waals surface area contributed by atoms with Crippen LogP contribution in [0.4, 0.5) is 0 Å². The Morgan fingerprint density at radius 1 is 1.21 bits per heavy atom. The van der Waals surface area contributed by atoms with Crippen LogP contribution in [-0.2, 0) is 11.2 Å². The van der Waals surface area contributed by atoms with Gasteiger partial charge in [-0.1, -0.05) is 38.4 Å². The summed E-state index contributed by atoms with van der Waals surface area (Å²) in [7, 11) is 1.63. The van der Waals surface area contributed by atoms with E-state index >= 15 is 0 Å². The van der Waals surface area contributed by atoms with E-state index in [1.165, 1.54) is 0 Å². The van der Waals surface area contributed by atoms with Gasteiger partial charge in [0.1, 0.15) is 5.75 Å². The zero-order valence-corrected chi connectivity index (χ0v) is 16.9. The lowest BCUT2D eigenvalue weighted by atomic mass is 9.83. The fourth-order valence-electron chi connectivity index (χ4n) is 2.67. The van der Waals surface area contributed by atoms with Gasteiger partial charge < -0.3 is 10.1 Å². The number of carbonyl (C=O) groups is 1. The van der Waals surface area contributed by atoms with Crippen molar-refractivity contribution >= 4 is 17.4 Å². The van der Waals surface area contributed by atoms with Crippen molar-refractivity contribution in [2.24, 2.45) is 5.41 Å². The highest BCUT2D eigenvalue weighted by Crippen LogP contribution is 2.25. The van der Waals surface area contributed by atoms with E-state index in [-0.39, 0.29) is 22.8 Å². The molecule has 0 fully saturated rings. The van der Waals surface area contributed by atoms with Gasteiger partial charge in [0.05, 0.1) is 13.2 Å². The SMILES string of the molecule is COc1ccc(CCCC(NC(C)(C)C)C(=O)C(C)(C)C)c(Cl)c1. The topological polar surface area (TPSA) is 38.3 Å². The zero-order chi connectivity index (χ0) is 18.5. The third-order valence-corrected chi connectivity index (χ3v) is 4.21. The molecule has 0 saturated heterocycles. The number of hydrogen-bond donors (Lipinski definition) is 1. The Morgan fingerprint density at radius 3 is 2.29 bits per heavy atom. The van der Waals surface area contributed by atoms with Crippen molar-refractivity contribution in [3.63, 3.8) is 0 Å². The van der Waals surface area contributed by atoms with Gasteiger partial charge in [0, 0.05) is 16.0 Å². The number of methoxy groups -OCH3 is 1. The molecule has 1 unspecified atom stereocenters. The van der Waals surface area contributed by atoms with Gasteiger partial charge in [-0.3, -0.25) is 4.79 Å². The molecule has 0 aliphatic heterocycles. The number of halogens is 1. The zero-order valence-electron chi connectivity index (χ0n) is 16.1. The van der Waals surface area contributed by atoms with E-state index in [1.807, 2.05) is 39.0 Å². The predicted octanol–water partition coefficient (Wildman–Crippen LogP) is 5.04. The molecule has 0 heterocycles. The van der Waals surface area contributed by atoms with Crippen LogP contribution in [0.25, 0.3) is 0 Å². The Bertz CT molecular complexity index is 556. The average Bonchev–Trinajstić information content (AvgIpc) is 2.44. The fourth-order valence-corrected chi connectivity index (χ4v) is 2.93. The Morgan fingerprint density at radius 2 is 1.83 bits per heavy atom. The van der Waals surface area contributed by atoms with Gasteiger partial charge in [-0.2, -0.15) is 0 Å². The van der Waals surface area contributed by atoms with Crippen molar-refractivity contribution in [2.45, 2.75) is 72.4 Å². The maximum atomic E-state index is 12.7. The van der Waals surface area contributed by atoms with Crippen molar-refractivity contribution < 1.29 is 9.53 Å². The number of nitrogens with one attached hydrogen (secondary N) is 1. The quantitative estimate of drug-likeness (QED) is 0.746. The van der Waals surface area contributed by atoms with Gasteiger partial charge in [0.25, 0.3) is 0 Å². The van der Waals surface area contributed by atoms with Gasteiger partial charge in [0.15, 0.2) is 5.78 Å². The van der Waals surface area contributed by atoms with Crippen LogP contribution < -0.4 is 10.1 Å². The minimum absolute atomic E-state index is 0.0939. The van der Waals surface area contributed by atoms with Crippen LogP contribution in [0.3, 0.4) is 0 Å². The van der Waals surface area contributed by atoms with Gasteiger partial charge in [0.2, 0.25) is 0 Å². The molecule has 1 aromatic carbocycles. The number of rotatable bonds is 7. The number of aryl methyl sites for hydroxylation is 1. The lowest BCUT2D eigenvalue weighted by Gasteiger charge is -2.32. The summed E-state index contributed by atoms with van der Waals surface area (Å²) in [5.74, 6) is 1.03. The van der Waals surface area contributed by atoms with E-state index in [4.69, 9.17) is 16.3 Å². The Hall–Kier alpha value is -1.06. The molecule has 0 aliphatic rings. The highest BCUT2D eigenvalue weighted by molar-refractivity contribution is 6.31. The van der Waals surface area contributed by atoms with E-state index in [2.05, 4.69) is 26.1 Å². The standard InChI is InChI=1S/C20H32ClNO2/c1-19(2,3)18(23)17(22-20(4,5)6)10-8-9-14-11-12-15(24-7)13-16(14)21/h11-13,17,22H,8-10H2,1-7H3. The van der Waals surface area contributed by atoms with Crippen molar-refractivity contribution in [3.8, 4) is 5.75 Å². The summed E-state index contributed by atoms with van der Waals surface area (Å²) >= 11 is 6.30. The van der Waals surface area contributed by atoms with E-state index in [9.17, 15) is 4.79 Å². The molecular formula is C20H32ClNO2. The maximum absolute atomic E-state index is 12.7. The second-order valence-electron chi connectivity index (χ2n) is 8.41. The van der Waals surface area contributed by atoms with Crippen molar-refractivity contribution in [1.29, 1.82) is 0 Å². The Balaban J connectivity index is 2.73. The van der Waals surface area contributed by atoms with E-state index in [1.54, 1.807) is 7.11 Å². The summed E-state index contributed by atoms with van der Waals surface area (Å²) in [5.41, 5.74) is 0.652. The van der Waals surface area contributed by atoms with Crippen LogP contribution in [0.2, 0.25) is 5.02 Å². The maximum Gasteiger partial charge on any atom is 0.155 e. The van der Waals surface area contributed by atoms with Crippen molar-refractivity contribution in [2.75, 3.05) is 7.11 Å². The molecule has 1 rings (SSSR count). The van der Waals surface area contributed by atoms with Gasteiger partial charge in [-0.05, 0) is 57.7 Å². The molecule has 4 heteroatoms. The van der Waals surface area contributed by atoms with Crippen molar-refractivity contribution in [1.82, 2.24) is 5.32 Å². The second kappa shape index (κ2) is 8.35. The summed E-state index contributed by atoms with van der Waals surface area (Å²) in [6, 6.07) is 5.62. The van der Waals surface area contributed by atoms with Crippen LogP contribution in [0.15, 0.2) is 18.2 Å². The second-order valence-corrected chi connectivity index (χ2v) is 8.82. The lowest BCUT2D eigenvalue weighted by Crippen LogP contribution is -2.50. The summed E-state index contributed by atoms with van der Waals surface area (Å²) in [5, 5.41) is 4.20. The van der Waals surface area contributed by atoms with Crippen LogP contribution in [-0.4, -0.2) is 24.5 Å². The molecule has 3 nitrogen and oxygen atoms in total. The van der Waals surface area contributed by atoms with E-state index in [0.29, 0.717) is 0 Å². The predicted molar refractivity (Wildman–Crippen MR) is 102 cm³/mol. The molecule has 0 bridgehead atoms. The van der Waals surface area contributed by atoms with Crippen LogP contribution in [0.5, 0.6) is 5.75 Å². The minimum Gasteiger partial charge on any atom is -0.497 e. The molecule has 1 aromatic rings. The lowest BCUT2D eigenvalue weighted by molar-refractivity contribution is -0.129. The number of ketones is 1. The summed E-state index contributed by atoms with van der Waals surface area (Å²) in [6.45, 7) is 12.2. The summed E-state index contributed by atoms with van der Waals surface area (Å²) in [4.78, 5) is 12.7. The summed E-state index contributed by atoms with van der Waals surface area (Å²) < 4.78 is 5.18. The van der Waals surface area contributed by atoms with Gasteiger partial charge >= 0.3 is 0 Å². The fraction of sp³-hybridized carbons (Fsp3) is 0.650. The number of hydrogen-bond acceptors (Lipinski definition) is 3. The molecule has 1 N–H and O–H groups in total. The molecule has 0 saturated carbocycles. The molecule has 0 amide bonds. The molecule has 0 radical (unpaired) electrons. The van der Waals surface area contributed by atoms with E-state index in [0.717, 1.165) is 35.6 Å². The monoisotopic (exact) mass is 353 g/mol. The number of benzene rings is 1. The smallest absolute Gasteiger partial charge is 0.155 e. The first kappa shape index (κ1) is 21.0. The Labute approximate surface area is 152 Å². The molecule has 24 heavy (non-hydrogen) atoms. The first-order valence-electron chi connectivity index (χ1n) is 8.58. The third-order valence-electron chi connectivity index (χ3n) is 3.86. The summed E-state index contributed by atoms with van der Waals surface area (Å²) in [6.07, 6.45) is 2.56. The Kier molecular flexibility index (Phi) is 7.30. The molecular weight excluding hydrogens is 322 g/mol. The van der Waals surface area contributed by atoms with Gasteiger partial charge in [-0.25, -0.2) is 0 Å². The number of Topliss-reactive ketones (excluding diaryl/α,β-unsaturated/α-hetero) is 1. The van der Waals surface area contributed by atoms with Crippen LogP contribution in [0, 0.1) is 5.41 Å². The number of ether oxygens (including phenoxy) is 1. The van der Waals surface area contributed by atoms with E-state index < -0.39 is 0 Å². The van der Waals surface area contributed by atoms with Gasteiger partial charge in [-0.15, -0.1) is 0 Å². The highest BCUT2D eigenvalue weighted by atomic mass is 35.5. The first-order chi connectivity index (χ1) is 10.9. The number of carbonyl (C=O) groups excluding carboxylic acids is 1. The molecule has 0 spiro atoms. The van der Waals surface area contributed by atoms with Crippen LogP contribution in [0.1, 0.15) is 59.9 Å².